The molecule has 0 bridgehead atoms. The van der Waals surface area contributed by atoms with Gasteiger partial charge in [0.05, 0.1) is 17.5 Å². The van der Waals surface area contributed by atoms with Gasteiger partial charge in [0.1, 0.15) is 0 Å². The van der Waals surface area contributed by atoms with Gasteiger partial charge in [-0.1, -0.05) is 53.2 Å². The van der Waals surface area contributed by atoms with Crippen LogP contribution in [0.5, 0.6) is 0 Å². The molecule has 0 saturated carbocycles. The number of thioether (sulfide) groups is 1. The topological polar surface area (TPSA) is 72.2 Å². The number of rotatable bonds is 7. The normalized spacial score (nSPS) is 11.7. The molecule has 4 rings (SSSR count). The van der Waals surface area contributed by atoms with Crippen molar-refractivity contribution in [3.63, 3.8) is 0 Å². The van der Waals surface area contributed by atoms with Crippen molar-refractivity contribution in [2.45, 2.75) is 11.3 Å². The Morgan fingerprint density at radius 3 is 2.28 bits per heavy atom. The average molecular weight is 550 g/mol. The Bertz CT molecular complexity index is 1390. The predicted octanol–water partition coefficient (Wildman–Crippen LogP) is 6.50. The third-order valence-corrected chi connectivity index (χ3v) is 6.24. The summed E-state index contributed by atoms with van der Waals surface area (Å²) in [5, 5.41) is 13.7. The molecule has 184 valence electrons. The molecule has 1 N–H and O–H groups in total. The lowest BCUT2D eigenvalue weighted by molar-refractivity contribution is -0.137. The van der Waals surface area contributed by atoms with Crippen molar-refractivity contribution in [2.24, 2.45) is 5.10 Å². The maximum atomic E-state index is 13.1. The molecule has 1 heterocycles. The average Bonchev–Trinajstić information content (AvgIpc) is 3.27. The minimum Gasteiger partial charge on any atom is -0.272 e. The minimum atomic E-state index is -4.53. The number of nitrogens with one attached hydrogen (secondary N) is 1. The van der Waals surface area contributed by atoms with Gasteiger partial charge >= 0.3 is 6.18 Å². The molecule has 0 aliphatic heterocycles. The van der Waals surface area contributed by atoms with Crippen LogP contribution in [0.3, 0.4) is 0 Å². The van der Waals surface area contributed by atoms with Crippen molar-refractivity contribution in [1.29, 1.82) is 0 Å². The first-order valence-electron chi connectivity index (χ1n) is 10.3. The summed E-state index contributed by atoms with van der Waals surface area (Å²) in [5.41, 5.74) is 2.72. The van der Waals surface area contributed by atoms with Crippen molar-refractivity contribution in [2.75, 3.05) is 5.75 Å². The number of aromatic nitrogens is 3. The Balaban J connectivity index is 1.51. The fourth-order valence-corrected chi connectivity index (χ4v) is 4.17. The highest BCUT2D eigenvalue weighted by Crippen LogP contribution is 2.31. The van der Waals surface area contributed by atoms with E-state index in [4.69, 9.17) is 23.2 Å². The zero-order valence-corrected chi connectivity index (χ0v) is 20.5. The van der Waals surface area contributed by atoms with Crippen LogP contribution in [-0.4, -0.2) is 32.6 Å². The molecule has 0 aliphatic carbocycles. The van der Waals surface area contributed by atoms with E-state index < -0.39 is 17.6 Å². The fourth-order valence-electron chi connectivity index (χ4n) is 3.18. The maximum Gasteiger partial charge on any atom is 0.417 e. The number of amides is 1. The summed E-state index contributed by atoms with van der Waals surface area (Å²) >= 11 is 13.1. The first kappa shape index (κ1) is 25.7. The van der Waals surface area contributed by atoms with Gasteiger partial charge in [-0.05, 0) is 54.6 Å². The number of hydrogen-bond acceptors (Lipinski definition) is 5. The van der Waals surface area contributed by atoms with Gasteiger partial charge in [0.15, 0.2) is 11.0 Å². The van der Waals surface area contributed by atoms with Crippen molar-refractivity contribution in [3.05, 3.63) is 94.0 Å². The van der Waals surface area contributed by atoms with Crippen LogP contribution >= 0.6 is 35.0 Å². The quantitative estimate of drug-likeness (QED) is 0.162. The third kappa shape index (κ3) is 6.26. The Morgan fingerprint density at radius 2 is 1.61 bits per heavy atom. The number of carbonyl (C=O) groups is 1. The van der Waals surface area contributed by atoms with E-state index in [0.717, 1.165) is 35.3 Å². The highest BCUT2D eigenvalue weighted by Gasteiger charge is 2.32. The van der Waals surface area contributed by atoms with Crippen molar-refractivity contribution >= 4 is 47.1 Å². The van der Waals surface area contributed by atoms with E-state index in [1.165, 1.54) is 18.2 Å². The van der Waals surface area contributed by atoms with Crippen LogP contribution in [0, 0.1) is 0 Å². The molecule has 1 aromatic heterocycles. The Labute approximate surface area is 218 Å². The Kier molecular flexibility index (Phi) is 7.97. The molecule has 36 heavy (non-hydrogen) atoms. The summed E-state index contributed by atoms with van der Waals surface area (Å²) in [4.78, 5) is 12.3. The number of halogens is 5. The molecule has 1 amide bonds. The number of alkyl halides is 3. The lowest BCUT2D eigenvalue weighted by atomic mass is 10.1. The molecule has 4 aromatic rings. The second-order valence-corrected chi connectivity index (χ2v) is 9.11. The van der Waals surface area contributed by atoms with Crippen LogP contribution in [0.4, 0.5) is 13.2 Å². The lowest BCUT2D eigenvalue weighted by Crippen LogP contribution is -2.20. The summed E-state index contributed by atoms with van der Waals surface area (Å²) in [6, 6.07) is 19.0. The summed E-state index contributed by atoms with van der Waals surface area (Å²) < 4.78 is 41.1. The maximum absolute atomic E-state index is 13.1. The number of nitrogens with zero attached hydrogens (tertiary/aromatic N) is 4. The molecule has 3 aromatic carbocycles. The molecule has 0 saturated heterocycles. The van der Waals surface area contributed by atoms with Gasteiger partial charge in [-0.15, -0.1) is 10.2 Å². The monoisotopic (exact) mass is 549 g/mol. The first-order valence-corrected chi connectivity index (χ1v) is 12.0. The number of carbonyl (C=O) groups excluding carboxylic acids is 1. The van der Waals surface area contributed by atoms with E-state index in [1.807, 2.05) is 0 Å². The molecule has 0 spiro atoms. The van der Waals surface area contributed by atoms with Gasteiger partial charge in [0.2, 0.25) is 0 Å². The molecule has 0 radical (unpaired) electrons. The standard InChI is InChI=1S/C24H16Cl2F3N5OS/c25-17-7-5-15(6-8-17)22-32-33-23(34(22)19-11-9-18(26)10-12-19)36-14-21(35)31-30-13-16-3-1-2-4-20(16)24(27,28)29/h1-13H,14H2,(H,31,35). The number of hydrogen-bond donors (Lipinski definition) is 1. The smallest absolute Gasteiger partial charge is 0.272 e. The van der Waals surface area contributed by atoms with Crippen LogP contribution in [0.2, 0.25) is 10.0 Å². The van der Waals surface area contributed by atoms with E-state index in [-0.39, 0.29) is 11.3 Å². The van der Waals surface area contributed by atoms with E-state index in [0.29, 0.717) is 21.0 Å². The van der Waals surface area contributed by atoms with Gasteiger partial charge < -0.3 is 0 Å². The second-order valence-electron chi connectivity index (χ2n) is 7.29. The van der Waals surface area contributed by atoms with E-state index in [2.05, 4.69) is 20.7 Å². The third-order valence-electron chi connectivity index (χ3n) is 4.81. The SMILES string of the molecule is O=C(CSc1nnc(-c2ccc(Cl)cc2)n1-c1ccc(Cl)cc1)NN=Cc1ccccc1C(F)(F)F. The van der Waals surface area contributed by atoms with Crippen molar-refractivity contribution in [1.82, 2.24) is 20.2 Å². The van der Waals surface area contributed by atoms with Crippen molar-refractivity contribution < 1.29 is 18.0 Å². The van der Waals surface area contributed by atoms with E-state index in [1.54, 1.807) is 53.1 Å². The highest BCUT2D eigenvalue weighted by atomic mass is 35.5. The summed E-state index contributed by atoms with van der Waals surface area (Å²) in [5.74, 6) is -0.108. The van der Waals surface area contributed by atoms with Crippen LogP contribution in [0.25, 0.3) is 17.1 Å². The molecular weight excluding hydrogens is 534 g/mol. The molecule has 0 fully saturated rings. The Morgan fingerprint density at radius 1 is 0.972 bits per heavy atom. The summed E-state index contributed by atoms with van der Waals surface area (Å²) in [6.07, 6.45) is -3.57. The largest absolute Gasteiger partial charge is 0.417 e. The van der Waals surface area contributed by atoms with Crippen molar-refractivity contribution in [3.8, 4) is 17.1 Å². The number of hydrazone groups is 1. The lowest BCUT2D eigenvalue weighted by Gasteiger charge is -2.10. The number of benzene rings is 3. The molecule has 0 atom stereocenters. The highest BCUT2D eigenvalue weighted by molar-refractivity contribution is 7.99. The van der Waals surface area contributed by atoms with Crippen LogP contribution in [0.15, 0.2) is 83.1 Å². The van der Waals surface area contributed by atoms with Crippen LogP contribution < -0.4 is 5.43 Å². The van der Waals surface area contributed by atoms with Gasteiger partial charge in [-0.25, -0.2) is 5.43 Å². The Hall–Kier alpha value is -3.34. The summed E-state index contributed by atoms with van der Waals surface area (Å²) in [7, 11) is 0. The zero-order chi connectivity index (χ0) is 25.7. The second kappa shape index (κ2) is 11.2. The van der Waals surface area contributed by atoms with Crippen LogP contribution in [-0.2, 0) is 11.0 Å². The van der Waals surface area contributed by atoms with Gasteiger partial charge in [0, 0.05) is 26.9 Å². The fraction of sp³-hybridized carbons (Fsp3) is 0.0833. The molecule has 0 aliphatic rings. The van der Waals surface area contributed by atoms with Crippen LogP contribution in [0.1, 0.15) is 11.1 Å². The molecule has 12 heteroatoms. The predicted molar refractivity (Wildman–Crippen MR) is 135 cm³/mol. The van der Waals surface area contributed by atoms with E-state index in [9.17, 15) is 18.0 Å². The minimum absolute atomic E-state index is 0.107. The molecular formula is C24H16Cl2F3N5OS. The van der Waals surface area contributed by atoms with Gasteiger partial charge in [0.25, 0.3) is 5.91 Å². The summed E-state index contributed by atoms with van der Waals surface area (Å²) in [6.45, 7) is 0. The van der Waals surface area contributed by atoms with E-state index >= 15 is 0 Å². The zero-order valence-electron chi connectivity index (χ0n) is 18.2. The van der Waals surface area contributed by atoms with Gasteiger partial charge in [-0.2, -0.15) is 18.3 Å². The molecule has 6 nitrogen and oxygen atoms in total. The first-order chi connectivity index (χ1) is 17.2. The molecule has 0 unspecified atom stereocenters. The van der Waals surface area contributed by atoms with Gasteiger partial charge in [-0.3, -0.25) is 9.36 Å².